The summed E-state index contributed by atoms with van der Waals surface area (Å²) >= 11 is 0. The SMILES string of the molecule is CC(C)CC(CC1CCOc2ccccc21)NN. The van der Waals surface area contributed by atoms with Crippen molar-refractivity contribution in [1.82, 2.24) is 5.43 Å². The van der Waals surface area contributed by atoms with E-state index in [0.717, 1.165) is 31.6 Å². The van der Waals surface area contributed by atoms with Gasteiger partial charge in [0, 0.05) is 6.04 Å². The molecule has 0 aromatic heterocycles. The molecular formula is C15H24N2O. The second-order valence-electron chi connectivity index (χ2n) is 5.60. The smallest absolute Gasteiger partial charge is 0.122 e. The Morgan fingerprint density at radius 3 is 2.89 bits per heavy atom. The van der Waals surface area contributed by atoms with Crippen LogP contribution in [0.25, 0.3) is 0 Å². The Morgan fingerprint density at radius 2 is 2.17 bits per heavy atom. The van der Waals surface area contributed by atoms with E-state index in [1.807, 2.05) is 6.07 Å². The number of nitrogens with one attached hydrogen (secondary N) is 1. The molecule has 3 heteroatoms. The standard InChI is InChI=1S/C15H24N2O/c1-11(2)9-13(17-16)10-12-7-8-18-15-6-4-3-5-14(12)15/h3-6,11-13,17H,7-10,16H2,1-2H3. The molecule has 1 heterocycles. The van der Waals surface area contributed by atoms with Gasteiger partial charge in [0.2, 0.25) is 0 Å². The first kappa shape index (κ1) is 13.4. The molecule has 18 heavy (non-hydrogen) atoms. The van der Waals surface area contributed by atoms with Gasteiger partial charge in [-0.1, -0.05) is 32.0 Å². The molecule has 0 spiro atoms. The zero-order chi connectivity index (χ0) is 13.0. The van der Waals surface area contributed by atoms with E-state index < -0.39 is 0 Å². The Labute approximate surface area is 110 Å². The van der Waals surface area contributed by atoms with Crippen LogP contribution in [-0.2, 0) is 0 Å². The summed E-state index contributed by atoms with van der Waals surface area (Å²) in [6.45, 7) is 5.30. The molecule has 0 saturated heterocycles. The quantitative estimate of drug-likeness (QED) is 0.622. The average Bonchev–Trinajstić information content (AvgIpc) is 2.38. The Hall–Kier alpha value is -1.06. The molecule has 2 rings (SSSR count). The summed E-state index contributed by atoms with van der Waals surface area (Å²) < 4.78 is 5.70. The monoisotopic (exact) mass is 248 g/mol. The lowest BCUT2D eigenvalue weighted by Gasteiger charge is -2.29. The minimum Gasteiger partial charge on any atom is -0.493 e. The van der Waals surface area contributed by atoms with Gasteiger partial charge in [0.25, 0.3) is 0 Å². The summed E-state index contributed by atoms with van der Waals surface area (Å²) in [5.41, 5.74) is 4.31. The van der Waals surface area contributed by atoms with Crippen LogP contribution in [0.15, 0.2) is 24.3 Å². The number of hydrazine groups is 1. The van der Waals surface area contributed by atoms with Crippen molar-refractivity contribution in [3.63, 3.8) is 0 Å². The fraction of sp³-hybridized carbons (Fsp3) is 0.600. The van der Waals surface area contributed by atoms with E-state index in [0.29, 0.717) is 17.9 Å². The van der Waals surface area contributed by atoms with Gasteiger partial charge in [0.15, 0.2) is 0 Å². The second-order valence-corrected chi connectivity index (χ2v) is 5.60. The van der Waals surface area contributed by atoms with Crippen LogP contribution in [0.2, 0.25) is 0 Å². The minimum atomic E-state index is 0.390. The fourth-order valence-electron chi connectivity index (χ4n) is 2.81. The van der Waals surface area contributed by atoms with Gasteiger partial charge in [0.1, 0.15) is 5.75 Å². The number of nitrogens with two attached hydrogens (primary N) is 1. The second kappa shape index (κ2) is 6.21. The summed E-state index contributed by atoms with van der Waals surface area (Å²) in [5.74, 6) is 7.96. The number of ether oxygens (including phenoxy) is 1. The summed E-state index contributed by atoms with van der Waals surface area (Å²) in [6.07, 6.45) is 3.30. The van der Waals surface area contributed by atoms with Crippen molar-refractivity contribution >= 4 is 0 Å². The normalized spacial score (nSPS) is 20.3. The highest BCUT2D eigenvalue weighted by Gasteiger charge is 2.24. The molecule has 1 aromatic rings. The summed E-state index contributed by atoms with van der Waals surface area (Å²) in [5, 5.41) is 0. The predicted molar refractivity (Wildman–Crippen MR) is 74.5 cm³/mol. The maximum atomic E-state index is 5.70. The van der Waals surface area contributed by atoms with Crippen molar-refractivity contribution in [3.8, 4) is 5.75 Å². The summed E-state index contributed by atoms with van der Waals surface area (Å²) in [7, 11) is 0. The van der Waals surface area contributed by atoms with Crippen LogP contribution in [0.4, 0.5) is 0 Å². The van der Waals surface area contributed by atoms with Gasteiger partial charge in [-0.15, -0.1) is 0 Å². The van der Waals surface area contributed by atoms with Gasteiger partial charge >= 0.3 is 0 Å². The van der Waals surface area contributed by atoms with Gasteiger partial charge < -0.3 is 4.74 Å². The van der Waals surface area contributed by atoms with Gasteiger partial charge in [-0.2, -0.15) is 0 Å². The number of rotatable bonds is 5. The van der Waals surface area contributed by atoms with Crippen LogP contribution in [0.1, 0.15) is 44.6 Å². The first-order valence-corrected chi connectivity index (χ1v) is 6.88. The van der Waals surface area contributed by atoms with Crippen molar-refractivity contribution < 1.29 is 4.74 Å². The number of benzene rings is 1. The van der Waals surface area contributed by atoms with E-state index in [9.17, 15) is 0 Å². The van der Waals surface area contributed by atoms with Gasteiger partial charge in [-0.05, 0) is 42.7 Å². The van der Waals surface area contributed by atoms with Crippen LogP contribution < -0.4 is 16.0 Å². The molecule has 0 aliphatic carbocycles. The molecule has 0 saturated carbocycles. The molecule has 0 fully saturated rings. The lowest BCUT2D eigenvalue weighted by molar-refractivity contribution is 0.250. The molecule has 0 radical (unpaired) electrons. The zero-order valence-electron chi connectivity index (χ0n) is 11.4. The fourth-order valence-corrected chi connectivity index (χ4v) is 2.81. The van der Waals surface area contributed by atoms with E-state index in [-0.39, 0.29) is 0 Å². The zero-order valence-corrected chi connectivity index (χ0v) is 11.4. The summed E-state index contributed by atoms with van der Waals surface area (Å²) in [4.78, 5) is 0. The highest BCUT2D eigenvalue weighted by molar-refractivity contribution is 5.37. The molecule has 1 aromatic carbocycles. The Kier molecular flexibility index (Phi) is 4.61. The van der Waals surface area contributed by atoms with Gasteiger partial charge in [-0.3, -0.25) is 11.3 Å². The molecule has 3 nitrogen and oxygen atoms in total. The largest absolute Gasteiger partial charge is 0.493 e. The third-order valence-electron chi connectivity index (χ3n) is 3.64. The molecule has 2 atom stereocenters. The van der Waals surface area contributed by atoms with E-state index in [1.165, 1.54) is 5.56 Å². The van der Waals surface area contributed by atoms with Crippen molar-refractivity contribution in [2.75, 3.05) is 6.61 Å². The number of hydrogen-bond acceptors (Lipinski definition) is 3. The van der Waals surface area contributed by atoms with E-state index in [1.54, 1.807) is 0 Å². The molecule has 0 amide bonds. The molecule has 3 N–H and O–H groups in total. The number of hydrogen-bond donors (Lipinski definition) is 2. The van der Waals surface area contributed by atoms with Crippen molar-refractivity contribution in [1.29, 1.82) is 0 Å². The third kappa shape index (κ3) is 3.24. The predicted octanol–water partition coefficient (Wildman–Crippen LogP) is 2.82. The van der Waals surface area contributed by atoms with Crippen molar-refractivity contribution in [3.05, 3.63) is 29.8 Å². The lowest BCUT2D eigenvalue weighted by atomic mass is 9.85. The van der Waals surface area contributed by atoms with Crippen LogP contribution >= 0.6 is 0 Å². The highest BCUT2D eigenvalue weighted by atomic mass is 16.5. The summed E-state index contributed by atoms with van der Waals surface area (Å²) in [6, 6.07) is 8.76. The van der Waals surface area contributed by atoms with Crippen LogP contribution in [0.5, 0.6) is 5.75 Å². The average molecular weight is 248 g/mol. The third-order valence-corrected chi connectivity index (χ3v) is 3.64. The molecule has 0 bridgehead atoms. The molecular weight excluding hydrogens is 224 g/mol. The Bertz CT molecular complexity index is 379. The van der Waals surface area contributed by atoms with Crippen LogP contribution in [0.3, 0.4) is 0 Å². The minimum absolute atomic E-state index is 0.390. The molecule has 1 aliphatic heterocycles. The topological polar surface area (TPSA) is 47.3 Å². The Morgan fingerprint density at radius 1 is 1.39 bits per heavy atom. The van der Waals surface area contributed by atoms with E-state index >= 15 is 0 Å². The van der Waals surface area contributed by atoms with Crippen LogP contribution in [-0.4, -0.2) is 12.6 Å². The molecule has 100 valence electrons. The van der Waals surface area contributed by atoms with Crippen LogP contribution in [0, 0.1) is 5.92 Å². The number of para-hydroxylation sites is 1. The number of fused-ring (bicyclic) bond motifs is 1. The first-order chi connectivity index (χ1) is 8.70. The van der Waals surface area contributed by atoms with Crippen molar-refractivity contribution in [2.45, 2.75) is 45.1 Å². The maximum Gasteiger partial charge on any atom is 0.122 e. The van der Waals surface area contributed by atoms with Crippen molar-refractivity contribution in [2.24, 2.45) is 11.8 Å². The van der Waals surface area contributed by atoms with E-state index in [2.05, 4.69) is 37.5 Å². The molecule has 2 unspecified atom stereocenters. The first-order valence-electron chi connectivity index (χ1n) is 6.88. The van der Waals surface area contributed by atoms with E-state index in [4.69, 9.17) is 10.6 Å². The lowest BCUT2D eigenvalue weighted by Crippen LogP contribution is -2.37. The highest BCUT2D eigenvalue weighted by Crippen LogP contribution is 2.36. The Balaban J connectivity index is 2.06. The van der Waals surface area contributed by atoms with Gasteiger partial charge in [0.05, 0.1) is 6.61 Å². The van der Waals surface area contributed by atoms with Gasteiger partial charge in [-0.25, -0.2) is 0 Å². The molecule has 1 aliphatic rings. The maximum absolute atomic E-state index is 5.70.